The van der Waals surface area contributed by atoms with E-state index < -0.39 is 10.2 Å². The molecule has 7 nitrogen and oxygen atoms in total. The van der Waals surface area contributed by atoms with Crippen molar-refractivity contribution in [3.8, 4) is 0 Å². The van der Waals surface area contributed by atoms with Crippen molar-refractivity contribution < 1.29 is 36.8 Å². The molecule has 0 saturated carbocycles. The van der Waals surface area contributed by atoms with E-state index >= 15 is 0 Å². The van der Waals surface area contributed by atoms with Gasteiger partial charge in [-0.15, -0.1) is 20.2 Å². The van der Waals surface area contributed by atoms with Gasteiger partial charge in [-0.3, -0.25) is 0 Å². The second-order valence-electron chi connectivity index (χ2n) is 0.529. The molecule has 0 aliphatic rings. The van der Waals surface area contributed by atoms with Crippen molar-refractivity contribution in [2.75, 3.05) is 0 Å². The van der Waals surface area contributed by atoms with E-state index in [-0.39, 0.29) is 21.7 Å². The largest absolute Gasteiger partial charge is 0.356 e. The smallest absolute Gasteiger partial charge is 0.105 e. The predicted octanol–water partition coefficient (Wildman–Crippen LogP) is -0.616. The fourth-order valence-corrected chi connectivity index (χ4v) is 0.0544. The Morgan fingerprint density at radius 1 is 1.12 bits per heavy atom. The summed E-state index contributed by atoms with van der Waals surface area (Å²) in [6.45, 7) is 0. The molecule has 0 saturated heterocycles. The van der Waals surface area contributed by atoms with Gasteiger partial charge < -0.3 is 0 Å². The van der Waals surface area contributed by atoms with Crippen LogP contribution in [-0.4, -0.2) is 10.2 Å². The first kappa shape index (κ1) is 10.3. The van der Waals surface area contributed by atoms with Gasteiger partial charge in [0, 0.05) is 26.7 Å². The molecule has 0 N–H and O–H groups in total. The summed E-state index contributed by atoms with van der Waals surface area (Å²) in [4.78, 5) is 20.6. The molecular weight excluding hydrogens is 156 g/mol. The first-order valence-electron chi connectivity index (χ1n) is 1.10. The zero-order chi connectivity index (χ0) is 5.86. The number of hydrogen-bond acceptors (Lipinski definition) is 5. The molecule has 0 aromatic carbocycles. The summed E-state index contributed by atoms with van der Waals surface area (Å²) in [7, 11) is 0. The SMILES string of the molecule is O=[N+]([O-])O[N+](=O)[O-].[Ti]. The minimum absolute atomic E-state index is 0. The van der Waals surface area contributed by atoms with Crippen LogP contribution in [0.5, 0.6) is 0 Å². The molecule has 0 spiro atoms. The third kappa shape index (κ3) is 9.00. The van der Waals surface area contributed by atoms with Crippen LogP contribution < -0.4 is 0 Å². The van der Waals surface area contributed by atoms with E-state index in [4.69, 9.17) is 20.2 Å². The molecule has 0 aliphatic carbocycles. The van der Waals surface area contributed by atoms with Crippen LogP contribution in [0.1, 0.15) is 0 Å². The van der Waals surface area contributed by atoms with Gasteiger partial charge in [0.15, 0.2) is 0 Å². The van der Waals surface area contributed by atoms with Crippen molar-refractivity contribution in [3.05, 3.63) is 20.2 Å². The second kappa shape index (κ2) is 4.47. The summed E-state index contributed by atoms with van der Waals surface area (Å²) in [6, 6.07) is 0. The van der Waals surface area contributed by atoms with E-state index in [2.05, 4.69) is 4.94 Å². The Bertz CT molecular complexity index is 86.6. The van der Waals surface area contributed by atoms with E-state index in [1.807, 2.05) is 0 Å². The van der Waals surface area contributed by atoms with Gasteiger partial charge in [0.05, 0.1) is 0 Å². The summed E-state index contributed by atoms with van der Waals surface area (Å²) >= 11 is 0. The van der Waals surface area contributed by atoms with Crippen molar-refractivity contribution >= 4 is 0 Å². The minimum Gasteiger partial charge on any atom is -0.105 e. The average molecular weight is 156 g/mol. The van der Waals surface area contributed by atoms with Gasteiger partial charge >= 0.3 is 10.2 Å². The number of nitrogens with zero attached hydrogens (tertiary/aromatic N) is 2. The Morgan fingerprint density at radius 2 is 1.38 bits per heavy atom. The molecule has 0 aromatic rings. The summed E-state index contributed by atoms with van der Waals surface area (Å²) in [5.74, 6) is 0. The molecule has 8 heteroatoms. The maximum atomic E-state index is 8.95. The van der Waals surface area contributed by atoms with E-state index in [0.717, 1.165) is 0 Å². The summed E-state index contributed by atoms with van der Waals surface area (Å²) < 4.78 is 0. The first-order valence-corrected chi connectivity index (χ1v) is 1.10. The fraction of sp³-hybridized carbons (Fsp3) is 0. The van der Waals surface area contributed by atoms with Gasteiger partial charge in [0.1, 0.15) is 0 Å². The molecule has 8 heavy (non-hydrogen) atoms. The van der Waals surface area contributed by atoms with Crippen LogP contribution in [0.3, 0.4) is 0 Å². The first-order chi connectivity index (χ1) is 3.13. The third-order valence-corrected chi connectivity index (χ3v) is 0.133. The standard InChI is InChI=1S/N2O5.Ti/c3-1(4)7-2(5)6;. The maximum Gasteiger partial charge on any atom is 0.356 e. The molecule has 0 amide bonds. The zero-order valence-corrected chi connectivity index (χ0v) is 5.00. The Labute approximate surface area is 57.7 Å². The molecule has 0 fully saturated rings. The van der Waals surface area contributed by atoms with Crippen molar-refractivity contribution in [2.45, 2.75) is 0 Å². The summed E-state index contributed by atoms with van der Waals surface area (Å²) in [5.41, 5.74) is 0. The van der Waals surface area contributed by atoms with E-state index in [0.29, 0.717) is 0 Å². The fourth-order valence-electron chi connectivity index (χ4n) is 0.0544. The van der Waals surface area contributed by atoms with E-state index in [1.54, 1.807) is 0 Å². The molecule has 0 aliphatic heterocycles. The van der Waals surface area contributed by atoms with E-state index in [9.17, 15) is 0 Å². The average Bonchev–Trinajstić information content (AvgIpc) is 1.27. The van der Waals surface area contributed by atoms with Crippen LogP contribution in [-0.2, 0) is 26.7 Å². The monoisotopic (exact) mass is 156 g/mol. The molecule has 0 radical (unpaired) electrons. The minimum atomic E-state index is -1.50. The molecule has 0 unspecified atom stereocenters. The Balaban J connectivity index is 0. The topological polar surface area (TPSA) is 95.5 Å². The van der Waals surface area contributed by atoms with Crippen LogP contribution in [0.25, 0.3) is 0 Å². The Hall–Kier alpha value is -0.686. The van der Waals surface area contributed by atoms with Crippen LogP contribution >= 0.6 is 0 Å². The molecule has 44 valence electrons. The number of rotatable bonds is 2. The zero-order valence-electron chi connectivity index (χ0n) is 3.44. The molecule has 0 rings (SSSR count). The van der Waals surface area contributed by atoms with Gasteiger partial charge in [0.2, 0.25) is 0 Å². The van der Waals surface area contributed by atoms with Crippen molar-refractivity contribution in [3.63, 3.8) is 0 Å². The van der Waals surface area contributed by atoms with Crippen LogP contribution in [0.2, 0.25) is 0 Å². The summed E-state index contributed by atoms with van der Waals surface area (Å²) in [6.07, 6.45) is 0. The van der Waals surface area contributed by atoms with Gasteiger partial charge in [-0.25, -0.2) is 0 Å². The molecule has 0 aromatic heterocycles. The van der Waals surface area contributed by atoms with Crippen LogP contribution in [0.4, 0.5) is 0 Å². The van der Waals surface area contributed by atoms with Gasteiger partial charge in [-0.1, -0.05) is 0 Å². The van der Waals surface area contributed by atoms with Crippen LogP contribution in [0.15, 0.2) is 0 Å². The van der Waals surface area contributed by atoms with E-state index in [1.165, 1.54) is 0 Å². The maximum absolute atomic E-state index is 8.95. The van der Waals surface area contributed by atoms with Crippen molar-refractivity contribution in [2.24, 2.45) is 0 Å². The summed E-state index contributed by atoms with van der Waals surface area (Å²) in [5, 5.41) is 14.9. The van der Waals surface area contributed by atoms with Gasteiger partial charge in [-0.05, 0) is 0 Å². The normalized spacial score (nSPS) is 6.50. The van der Waals surface area contributed by atoms with Gasteiger partial charge in [-0.2, -0.15) is 0 Å². The number of hydrogen-bond donors (Lipinski definition) is 0. The molecule has 0 atom stereocenters. The van der Waals surface area contributed by atoms with Crippen LogP contribution in [0, 0.1) is 20.2 Å². The Morgan fingerprint density at radius 3 is 1.38 bits per heavy atom. The predicted molar refractivity (Wildman–Crippen MR) is 15.1 cm³/mol. The van der Waals surface area contributed by atoms with Gasteiger partial charge in [0.25, 0.3) is 0 Å². The second-order valence-corrected chi connectivity index (χ2v) is 0.529. The third-order valence-electron chi connectivity index (χ3n) is 0.133. The Kier molecular flexibility index (Phi) is 5.77. The molecular formula is N2O5Ti. The molecule has 0 bridgehead atoms. The van der Waals surface area contributed by atoms with Crippen molar-refractivity contribution in [1.82, 2.24) is 0 Å². The quantitative estimate of drug-likeness (QED) is 0.301. The van der Waals surface area contributed by atoms with Crippen molar-refractivity contribution in [1.29, 1.82) is 0 Å². The molecule has 0 heterocycles.